The van der Waals surface area contributed by atoms with Gasteiger partial charge >= 0.3 is 5.69 Å². The zero-order chi connectivity index (χ0) is 19.8. The summed E-state index contributed by atoms with van der Waals surface area (Å²) < 4.78 is 2.49. The summed E-state index contributed by atoms with van der Waals surface area (Å²) in [5.74, 6) is 0. The van der Waals surface area contributed by atoms with Crippen LogP contribution in [0.2, 0.25) is 0 Å². The van der Waals surface area contributed by atoms with Crippen molar-refractivity contribution in [1.82, 2.24) is 14.1 Å². The maximum absolute atomic E-state index is 12.8. The lowest BCUT2D eigenvalue weighted by Gasteiger charge is -2.15. The zero-order valence-corrected chi connectivity index (χ0v) is 15.9. The van der Waals surface area contributed by atoms with Crippen LogP contribution in [0.15, 0.2) is 70.4 Å². The third-order valence-electron chi connectivity index (χ3n) is 4.92. The molecule has 0 bridgehead atoms. The van der Waals surface area contributed by atoms with E-state index in [2.05, 4.69) is 22.4 Å². The highest BCUT2D eigenvalue weighted by Crippen LogP contribution is 2.27. The molecular formula is C22H20N4O2. The third kappa shape index (κ3) is 2.89. The first-order chi connectivity index (χ1) is 13.5. The SMILES string of the molecule is Cc1cnc2c(c1Nc1ccc(-c3ccccc3)cc1)c(=O)n(C)c(=O)n2C. The van der Waals surface area contributed by atoms with Gasteiger partial charge in [0.2, 0.25) is 0 Å². The molecule has 4 rings (SSSR count). The molecule has 6 heteroatoms. The lowest BCUT2D eigenvalue weighted by Crippen LogP contribution is -2.37. The van der Waals surface area contributed by atoms with Crippen LogP contribution < -0.4 is 16.6 Å². The summed E-state index contributed by atoms with van der Waals surface area (Å²) in [7, 11) is 3.09. The standard InChI is InChI=1S/C22H20N4O2/c1-14-13-23-20-18(21(27)26(3)22(28)25(20)2)19(14)24-17-11-9-16(10-12-17)15-7-5-4-6-8-15/h4-13H,1-3H3,(H,23,24). The minimum atomic E-state index is -0.396. The van der Waals surface area contributed by atoms with Crippen molar-refractivity contribution in [1.29, 1.82) is 0 Å². The van der Waals surface area contributed by atoms with Crippen LogP contribution in [0.25, 0.3) is 22.2 Å². The van der Waals surface area contributed by atoms with Crippen molar-refractivity contribution in [2.24, 2.45) is 14.1 Å². The first-order valence-corrected chi connectivity index (χ1v) is 8.95. The Bertz CT molecular complexity index is 1290. The van der Waals surface area contributed by atoms with Crippen LogP contribution in [0, 0.1) is 6.92 Å². The lowest BCUT2D eigenvalue weighted by atomic mass is 10.1. The molecule has 2 aromatic heterocycles. The number of benzene rings is 2. The molecule has 0 atom stereocenters. The largest absolute Gasteiger partial charge is 0.354 e. The monoisotopic (exact) mass is 372 g/mol. The van der Waals surface area contributed by atoms with E-state index in [-0.39, 0.29) is 5.56 Å². The second-order valence-electron chi connectivity index (χ2n) is 6.79. The Morgan fingerprint density at radius 3 is 2.18 bits per heavy atom. The summed E-state index contributed by atoms with van der Waals surface area (Å²) in [6.07, 6.45) is 1.67. The molecule has 0 radical (unpaired) electrons. The van der Waals surface area contributed by atoms with Gasteiger partial charge in [0.25, 0.3) is 5.56 Å². The summed E-state index contributed by atoms with van der Waals surface area (Å²) in [6.45, 7) is 1.89. The third-order valence-corrected chi connectivity index (χ3v) is 4.92. The van der Waals surface area contributed by atoms with Crippen LogP contribution in [0.3, 0.4) is 0 Å². The summed E-state index contributed by atoms with van der Waals surface area (Å²) in [5.41, 5.74) is 4.20. The number of hydrogen-bond acceptors (Lipinski definition) is 4. The van der Waals surface area contributed by atoms with Gasteiger partial charge in [-0.3, -0.25) is 13.9 Å². The fourth-order valence-electron chi connectivity index (χ4n) is 3.31. The number of nitrogens with zero attached hydrogens (tertiary/aromatic N) is 3. The second-order valence-corrected chi connectivity index (χ2v) is 6.79. The van der Waals surface area contributed by atoms with E-state index < -0.39 is 5.69 Å². The van der Waals surface area contributed by atoms with Gasteiger partial charge < -0.3 is 5.32 Å². The van der Waals surface area contributed by atoms with Crippen molar-refractivity contribution in [2.45, 2.75) is 6.92 Å². The summed E-state index contributed by atoms with van der Waals surface area (Å²) in [5, 5.41) is 3.74. The molecule has 1 N–H and O–H groups in total. The van der Waals surface area contributed by atoms with Crippen LogP contribution in [-0.2, 0) is 14.1 Å². The van der Waals surface area contributed by atoms with Crippen LogP contribution in [-0.4, -0.2) is 14.1 Å². The number of pyridine rings is 1. The first-order valence-electron chi connectivity index (χ1n) is 8.95. The second kappa shape index (κ2) is 6.81. The van der Waals surface area contributed by atoms with Crippen LogP contribution in [0.5, 0.6) is 0 Å². The minimum Gasteiger partial charge on any atom is -0.354 e. The molecule has 0 spiro atoms. The van der Waals surface area contributed by atoms with Crippen molar-refractivity contribution in [2.75, 3.05) is 5.32 Å². The predicted molar refractivity (Wildman–Crippen MR) is 112 cm³/mol. The van der Waals surface area contributed by atoms with Gasteiger partial charge in [-0.05, 0) is 35.7 Å². The van der Waals surface area contributed by atoms with Gasteiger partial charge in [-0.1, -0.05) is 42.5 Å². The fraction of sp³-hybridized carbons (Fsp3) is 0.136. The number of aryl methyl sites for hydroxylation is 2. The maximum atomic E-state index is 12.8. The number of hydrogen-bond donors (Lipinski definition) is 1. The Morgan fingerprint density at radius 1 is 0.857 bits per heavy atom. The van der Waals surface area contributed by atoms with Gasteiger partial charge in [-0.25, -0.2) is 9.78 Å². The van der Waals surface area contributed by atoms with E-state index >= 15 is 0 Å². The Morgan fingerprint density at radius 2 is 1.50 bits per heavy atom. The Hall–Kier alpha value is -3.67. The minimum absolute atomic E-state index is 0.363. The molecule has 0 amide bonds. The summed E-state index contributed by atoms with van der Waals surface area (Å²) in [6, 6.07) is 18.1. The Balaban J connectivity index is 1.81. The normalized spacial score (nSPS) is 11.0. The van der Waals surface area contributed by atoms with Crippen LogP contribution in [0.4, 0.5) is 11.4 Å². The van der Waals surface area contributed by atoms with E-state index in [0.717, 1.165) is 26.9 Å². The van der Waals surface area contributed by atoms with Crippen molar-refractivity contribution >= 4 is 22.4 Å². The smallest absolute Gasteiger partial charge is 0.332 e. The molecule has 28 heavy (non-hydrogen) atoms. The van der Waals surface area contributed by atoms with E-state index in [9.17, 15) is 9.59 Å². The van der Waals surface area contributed by atoms with E-state index in [1.165, 1.54) is 11.6 Å². The van der Waals surface area contributed by atoms with Crippen molar-refractivity contribution < 1.29 is 0 Å². The quantitative estimate of drug-likeness (QED) is 0.599. The number of nitrogens with one attached hydrogen (secondary N) is 1. The lowest BCUT2D eigenvalue weighted by molar-refractivity contribution is 0.707. The van der Waals surface area contributed by atoms with Crippen LogP contribution in [0.1, 0.15) is 5.56 Å². The van der Waals surface area contributed by atoms with E-state index in [4.69, 9.17) is 0 Å². The molecule has 0 unspecified atom stereocenters. The van der Waals surface area contributed by atoms with Gasteiger partial charge in [0.1, 0.15) is 5.39 Å². The van der Waals surface area contributed by atoms with E-state index in [0.29, 0.717) is 16.7 Å². The molecule has 140 valence electrons. The molecule has 0 aliphatic carbocycles. The van der Waals surface area contributed by atoms with Gasteiger partial charge in [0.05, 0.1) is 5.69 Å². The fourth-order valence-corrected chi connectivity index (χ4v) is 3.31. The molecule has 2 heterocycles. The summed E-state index contributed by atoms with van der Waals surface area (Å²) >= 11 is 0. The maximum Gasteiger partial charge on any atom is 0.332 e. The van der Waals surface area contributed by atoms with E-state index in [1.807, 2.05) is 49.4 Å². The van der Waals surface area contributed by atoms with E-state index in [1.54, 1.807) is 13.2 Å². The molecule has 4 aromatic rings. The molecule has 2 aromatic carbocycles. The number of anilines is 2. The van der Waals surface area contributed by atoms with Crippen LogP contribution >= 0.6 is 0 Å². The molecule has 0 fully saturated rings. The highest BCUT2D eigenvalue weighted by molar-refractivity contribution is 5.92. The average Bonchev–Trinajstić information content (AvgIpc) is 2.73. The van der Waals surface area contributed by atoms with Crippen molar-refractivity contribution in [3.05, 3.63) is 87.2 Å². The molecule has 6 nitrogen and oxygen atoms in total. The number of aromatic nitrogens is 3. The molecule has 0 saturated heterocycles. The van der Waals surface area contributed by atoms with Gasteiger partial charge in [-0.15, -0.1) is 0 Å². The molecular weight excluding hydrogens is 352 g/mol. The first kappa shape index (κ1) is 17.7. The Kier molecular flexibility index (Phi) is 4.31. The topological polar surface area (TPSA) is 68.9 Å². The average molecular weight is 372 g/mol. The van der Waals surface area contributed by atoms with Crippen molar-refractivity contribution in [3.8, 4) is 11.1 Å². The number of rotatable bonds is 3. The van der Waals surface area contributed by atoms with Gasteiger partial charge in [0.15, 0.2) is 5.65 Å². The highest BCUT2D eigenvalue weighted by atomic mass is 16.2. The molecule has 0 saturated carbocycles. The van der Waals surface area contributed by atoms with Gasteiger partial charge in [0, 0.05) is 26.0 Å². The molecule has 0 aliphatic heterocycles. The Labute approximate surface area is 161 Å². The number of fused-ring (bicyclic) bond motifs is 1. The molecule has 0 aliphatic rings. The zero-order valence-electron chi connectivity index (χ0n) is 15.9. The van der Waals surface area contributed by atoms with Gasteiger partial charge in [-0.2, -0.15) is 0 Å². The summed E-state index contributed by atoms with van der Waals surface area (Å²) in [4.78, 5) is 29.3. The van der Waals surface area contributed by atoms with Crippen molar-refractivity contribution in [3.63, 3.8) is 0 Å². The highest BCUT2D eigenvalue weighted by Gasteiger charge is 2.15. The predicted octanol–water partition coefficient (Wildman–Crippen LogP) is 3.35.